The van der Waals surface area contributed by atoms with Crippen LogP contribution in [0.3, 0.4) is 0 Å². The van der Waals surface area contributed by atoms with Crippen molar-refractivity contribution in [2.45, 2.75) is 38.8 Å². The first-order valence-electron chi connectivity index (χ1n) is 5.80. The molecule has 0 bridgehead atoms. The molecule has 0 radical (unpaired) electrons. The molecule has 2 N–H and O–H groups in total. The predicted molar refractivity (Wildman–Crippen MR) is 76.1 cm³/mol. The quantitative estimate of drug-likeness (QED) is 0.846. The summed E-state index contributed by atoms with van der Waals surface area (Å²) in [6, 6.07) is 0.00510. The Labute approximate surface area is 117 Å². The molecule has 0 spiro atoms. The first kappa shape index (κ1) is 19.3. The van der Waals surface area contributed by atoms with Crippen molar-refractivity contribution in [2.75, 3.05) is 26.7 Å². The maximum atomic E-state index is 11.7. The van der Waals surface area contributed by atoms with Gasteiger partial charge < -0.3 is 15.5 Å². The molecule has 0 aromatic heterocycles. The van der Waals surface area contributed by atoms with Gasteiger partial charge in [0.2, 0.25) is 5.91 Å². The minimum atomic E-state index is -0.376. The molecule has 1 heterocycles. The number of halogens is 2. The maximum absolute atomic E-state index is 11.7. The van der Waals surface area contributed by atoms with E-state index in [2.05, 4.69) is 11.8 Å². The van der Waals surface area contributed by atoms with Crippen molar-refractivity contribution in [3.8, 4) is 0 Å². The van der Waals surface area contributed by atoms with E-state index in [0.717, 1.165) is 32.5 Å². The summed E-state index contributed by atoms with van der Waals surface area (Å²) >= 11 is 0. The van der Waals surface area contributed by atoms with Gasteiger partial charge in [-0.15, -0.1) is 24.8 Å². The lowest BCUT2D eigenvalue weighted by atomic mass is 10.0. The molecular formula is C11H25Cl2N3O. The fourth-order valence-electron chi connectivity index (χ4n) is 2.12. The highest BCUT2D eigenvalue weighted by Crippen LogP contribution is 2.15. The highest BCUT2D eigenvalue weighted by Gasteiger charge is 2.25. The van der Waals surface area contributed by atoms with Crippen LogP contribution in [0, 0.1) is 0 Å². The molecule has 104 valence electrons. The fourth-order valence-corrected chi connectivity index (χ4v) is 2.12. The third-order valence-electron chi connectivity index (χ3n) is 3.29. The van der Waals surface area contributed by atoms with Gasteiger partial charge in [0, 0.05) is 26.2 Å². The topological polar surface area (TPSA) is 49.6 Å². The van der Waals surface area contributed by atoms with Gasteiger partial charge in [0.05, 0.1) is 6.04 Å². The molecule has 1 atom stereocenters. The molecule has 1 aliphatic rings. The fraction of sp³-hybridized carbons (Fsp3) is 0.909. The van der Waals surface area contributed by atoms with Crippen LogP contribution in [-0.2, 0) is 4.79 Å². The van der Waals surface area contributed by atoms with Crippen LogP contribution < -0.4 is 5.73 Å². The molecule has 4 nitrogen and oxygen atoms in total. The van der Waals surface area contributed by atoms with Crippen molar-refractivity contribution in [1.29, 1.82) is 0 Å². The molecule has 0 unspecified atom stereocenters. The van der Waals surface area contributed by atoms with Gasteiger partial charge in [0.15, 0.2) is 0 Å². The number of carbonyl (C=O) groups excluding carboxylic acids is 1. The van der Waals surface area contributed by atoms with Gasteiger partial charge >= 0.3 is 0 Å². The van der Waals surface area contributed by atoms with E-state index in [1.165, 1.54) is 0 Å². The van der Waals surface area contributed by atoms with E-state index in [-0.39, 0.29) is 36.8 Å². The first-order valence-corrected chi connectivity index (χ1v) is 5.80. The van der Waals surface area contributed by atoms with E-state index < -0.39 is 0 Å². The van der Waals surface area contributed by atoms with Gasteiger partial charge in [-0.2, -0.15) is 0 Å². The smallest absolute Gasteiger partial charge is 0.239 e. The summed E-state index contributed by atoms with van der Waals surface area (Å²) in [6.45, 7) is 7.23. The summed E-state index contributed by atoms with van der Waals surface area (Å²) < 4.78 is 0. The molecule has 17 heavy (non-hydrogen) atoms. The Bertz CT molecular complexity index is 219. The number of nitrogens with two attached hydrogens (primary N) is 1. The van der Waals surface area contributed by atoms with Crippen LogP contribution in [-0.4, -0.2) is 54.5 Å². The number of amides is 1. The van der Waals surface area contributed by atoms with Crippen LogP contribution >= 0.6 is 24.8 Å². The van der Waals surface area contributed by atoms with Crippen molar-refractivity contribution in [3.63, 3.8) is 0 Å². The van der Waals surface area contributed by atoms with E-state index in [1.54, 1.807) is 6.92 Å². The minimum Gasteiger partial charge on any atom is -0.341 e. The van der Waals surface area contributed by atoms with Crippen molar-refractivity contribution >= 4 is 30.7 Å². The number of piperidine rings is 1. The molecule has 1 rings (SSSR count). The number of hydrogen-bond donors (Lipinski definition) is 1. The first-order chi connectivity index (χ1) is 7.06. The predicted octanol–water partition coefficient (Wildman–Crippen LogP) is 1.12. The second-order valence-corrected chi connectivity index (χ2v) is 4.40. The Morgan fingerprint density at radius 3 is 2.24 bits per heavy atom. The Kier molecular flexibility index (Phi) is 10.2. The number of nitrogens with zero attached hydrogens (tertiary/aromatic N) is 2. The highest BCUT2D eigenvalue weighted by atomic mass is 35.5. The molecule has 0 aromatic carbocycles. The Morgan fingerprint density at radius 1 is 1.41 bits per heavy atom. The number of likely N-dealkylation sites (N-methyl/N-ethyl adjacent to an activating group) is 1. The zero-order valence-corrected chi connectivity index (χ0v) is 12.5. The average molecular weight is 286 g/mol. The lowest BCUT2D eigenvalue weighted by molar-refractivity contribution is -0.133. The third kappa shape index (κ3) is 5.42. The summed E-state index contributed by atoms with van der Waals surface area (Å²) in [6.07, 6.45) is 2.14. The van der Waals surface area contributed by atoms with Gasteiger partial charge in [-0.05, 0) is 26.3 Å². The van der Waals surface area contributed by atoms with Crippen molar-refractivity contribution in [1.82, 2.24) is 9.80 Å². The summed E-state index contributed by atoms with van der Waals surface area (Å²) in [4.78, 5) is 15.9. The van der Waals surface area contributed by atoms with E-state index in [4.69, 9.17) is 5.73 Å². The SMILES string of the molecule is CCN1CCC(N(C)C(=O)[C@H](C)N)CC1.Cl.Cl. The highest BCUT2D eigenvalue weighted by molar-refractivity contribution is 5.85. The van der Waals surface area contributed by atoms with Gasteiger partial charge in [0.25, 0.3) is 0 Å². The van der Waals surface area contributed by atoms with Crippen molar-refractivity contribution in [2.24, 2.45) is 5.73 Å². The number of hydrogen-bond acceptors (Lipinski definition) is 3. The van der Waals surface area contributed by atoms with Crippen LogP contribution in [0.1, 0.15) is 26.7 Å². The number of likely N-dealkylation sites (tertiary alicyclic amines) is 1. The van der Waals surface area contributed by atoms with Crippen LogP contribution in [0.25, 0.3) is 0 Å². The summed E-state index contributed by atoms with van der Waals surface area (Å²) in [5.74, 6) is 0.0601. The van der Waals surface area contributed by atoms with Crippen molar-refractivity contribution in [3.05, 3.63) is 0 Å². The Morgan fingerprint density at radius 2 is 1.88 bits per heavy atom. The molecule has 0 saturated carbocycles. The van der Waals surface area contributed by atoms with Gasteiger partial charge in [0.1, 0.15) is 0 Å². The zero-order valence-electron chi connectivity index (χ0n) is 10.9. The molecule has 0 aliphatic carbocycles. The zero-order chi connectivity index (χ0) is 11.4. The maximum Gasteiger partial charge on any atom is 0.239 e. The molecule has 1 aliphatic heterocycles. The van der Waals surface area contributed by atoms with Gasteiger partial charge in [-0.1, -0.05) is 6.92 Å². The number of carbonyl (C=O) groups is 1. The molecule has 6 heteroatoms. The van der Waals surface area contributed by atoms with Gasteiger partial charge in [-0.25, -0.2) is 0 Å². The lowest BCUT2D eigenvalue weighted by Gasteiger charge is -2.36. The van der Waals surface area contributed by atoms with E-state index >= 15 is 0 Å². The standard InChI is InChI=1S/C11H23N3O.2ClH/c1-4-14-7-5-10(6-8-14)13(3)11(15)9(2)12;;/h9-10H,4-8,12H2,1-3H3;2*1H/t9-;;/m0../s1. The Balaban J connectivity index is 0. The monoisotopic (exact) mass is 285 g/mol. The second kappa shape index (κ2) is 8.97. The molecular weight excluding hydrogens is 261 g/mol. The van der Waals surface area contributed by atoms with Crippen LogP contribution in [0.2, 0.25) is 0 Å². The summed E-state index contributed by atoms with van der Waals surface area (Å²) in [5.41, 5.74) is 5.60. The number of rotatable bonds is 3. The van der Waals surface area contributed by atoms with E-state index in [1.807, 2.05) is 11.9 Å². The van der Waals surface area contributed by atoms with Crippen molar-refractivity contribution < 1.29 is 4.79 Å². The van der Waals surface area contributed by atoms with Crippen LogP contribution in [0.15, 0.2) is 0 Å². The molecule has 1 saturated heterocycles. The van der Waals surface area contributed by atoms with Crippen LogP contribution in [0.4, 0.5) is 0 Å². The average Bonchev–Trinajstić information content (AvgIpc) is 2.27. The largest absolute Gasteiger partial charge is 0.341 e. The Hall–Kier alpha value is -0.0300. The summed E-state index contributed by atoms with van der Waals surface area (Å²) in [7, 11) is 1.87. The molecule has 0 aromatic rings. The minimum absolute atomic E-state index is 0. The second-order valence-electron chi connectivity index (χ2n) is 4.40. The molecule has 1 amide bonds. The molecule has 1 fully saturated rings. The third-order valence-corrected chi connectivity index (χ3v) is 3.29. The van der Waals surface area contributed by atoms with E-state index in [9.17, 15) is 4.79 Å². The van der Waals surface area contributed by atoms with Gasteiger partial charge in [-0.3, -0.25) is 4.79 Å². The lowest BCUT2D eigenvalue weighted by Crippen LogP contribution is -2.49. The van der Waals surface area contributed by atoms with Crippen LogP contribution in [0.5, 0.6) is 0 Å². The van der Waals surface area contributed by atoms with E-state index in [0.29, 0.717) is 6.04 Å². The summed E-state index contributed by atoms with van der Waals surface area (Å²) in [5, 5.41) is 0. The normalized spacial score (nSPS) is 18.8.